The van der Waals surface area contributed by atoms with Crippen molar-refractivity contribution in [3.63, 3.8) is 0 Å². The molecule has 1 aliphatic carbocycles. The smallest absolute Gasteiger partial charge is 0.337 e. The third-order valence-electron chi connectivity index (χ3n) is 18.1. The number of aliphatic hydroxyl groups excluding tert-OH is 12. The summed E-state index contributed by atoms with van der Waals surface area (Å²) < 4.78 is 84.5. The molecule has 1 saturated carbocycles. The number of methoxy groups -OCH3 is 3. The molecule has 7 aliphatic rings. The quantitative estimate of drug-likeness (QED) is 0.0253. The molecule has 33 nitrogen and oxygen atoms in total. The van der Waals surface area contributed by atoms with Gasteiger partial charge in [0.25, 0.3) is 0 Å². The molecule has 0 aromatic rings. The Morgan fingerprint density at radius 3 is 1.15 bits per heavy atom. The lowest BCUT2D eigenvalue weighted by atomic mass is 9.83. The lowest BCUT2D eigenvalue weighted by molar-refractivity contribution is -0.327. The van der Waals surface area contributed by atoms with Crippen molar-refractivity contribution >= 4 is 35.8 Å². The molecule has 7 rings (SSSR count). The number of rotatable bonds is 24. The Balaban J connectivity index is 1.11. The molecule has 0 aromatic heterocycles. The van der Waals surface area contributed by atoms with Crippen LogP contribution in [0.4, 0.5) is 0 Å². The lowest BCUT2D eigenvalue weighted by Crippen LogP contribution is -2.60. The summed E-state index contributed by atoms with van der Waals surface area (Å²) in [5, 5.41) is 124. The van der Waals surface area contributed by atoms with E-state index in [1.807, 2.05) is 0 Å². The van der Waals surface area contributed by atoms with Gasteiger partial charge in [0.2, 0.25) is 18.9 Å². The fourth-order valence-corrected chi connectivity index (χ4v) is 12.6. The van der Waals surface area contributed by atoms with Gasteiger partial charge in [-0.15, -0.1) is 0 Å². The Morgan fingerprint density at radius 1 is 0.500 bits per heavy atom. The summed E-state index contributed by atoms with van der Waals surface area (Å²) in [6.45, 7) is 5.01. The molecule has 0 bridgehead atoms. The Morgan fingerprint density at radius 2 is 0.830 bits per heavy atom. The first-order valence-corrected chi connectivity index (χ1v) is 30.4. The van der Waals surface area contributed by atoms with Crippen molar-refractivity contribution in [1.82, 2.24) is 0 Å². The second-order valence-electron chi connectivity index (χ2n) is 23.5. The molecule has 0 radical (unpaired) electrons. The molecule has 0 spiro atoms. The number of carbonyl (C=O) groups excluding carboxylic acids is 6. The van der Waals surface area contributed by atoms with E-state index in [1.165, 1.54) is 39.0 Å². The van der Waals surface area contributed by atoms with Crippen LogP contribution in [0.25, 0.3) is 0 Å². The number of ether oxygens (including phenoxy) is 15. The van der Waals surface area contributed by atoms with Crippen LogP contribution in [0.15, 0.2) is 70.5 Å². The van der Waals surface area contributed by atoms with Crippen molar-refractivity contribution in [2.75, 3.05) is 54.4 Å². The molecule has 528 valence electrons. The van der Waals surface area contributed by atoms with Gasteiger partial charge in [0.1, 0.15) is 79.4 Å². The molecular weight excluding hydrogens is 1260 g/mol. The van der Waals surface area contributed by atoms with Gasteiger partial charge in [-0.2, -0.15) is 0 Å². The molecule has 6 aliphatic heterocycles. The third-order valence-corrected chi connectivity index (χ3v) is 18.1. The Kier molecular flexibility index (Phi) is 27.0. The summed E-state index contributed by atoms with van der Waals surface area (Å²) in [4.78, 5) is 82.5. The van der Waals surface area contributed by atoms with Crippen LogP contribution in [-0.2, 0) is 99.8 Å². The molecule has 94 heavy (non-hydrogen) atoms. The first-order valence-electron chi connectivity index (χ1n) is 30.4. The Bertz CT molecular complexity index is 2830. The number of hydrogen-bond donors (Lipinski definition) is 12. The van der Waals surface area contributed by atoms with Gasteiger partial charge in [-0.1, -0.05) is 32.1 Å². The minimum absolute atomic E-state index is 0.0460. The van der Waals surface area contributed by atoms with E-state index in [9.17, 15) is 90.0 Å². The summed E-state index contributed by atoms with van der Waals surface area (Å²) in [6, 6.07) is 0. The predicted octanol–water partition coefficient (Wildman–Crippen LogP) is -3.56. The van der Waals surface area contributed by atoms with Crippen LogP contribution in [0.5, 0.6) is 0 Å². The van der Waals surface area contributed by atoms with Crippen LogP contribution < -0.4 is 0 Å². The van der Waals surface area contributed by atoms with Gasteiger partial charge in [0.05, 0.1) is 109 Å². The monoisotopic (exact) mass is 1350 g/mol. The largest absolute Gasteiger partial charge is 0.468 e. The van der Waals surface area contributed by atoms with Gasteiger partial charge in [0, 0.05) is 40.4 Å². The molecule has 3 saturated heterocycles. The summed E-state index contributed by atoms with van der Waals surface area (Å²) in [5.41, 5.74) is -0.0660. The fraction of sp³-hybridized carbons (Fsp3) is 0.705. The number of carbonyl (C=O) groups is 6. The average molecular weight is 1350 g/mol. The molecule has 12 N–H and O–H groups in total. The van der Waals surface area contributed by atoms with Crippen LogP contribution in [0, 0.1) is 41.4 Å². The zero-order valence-corrected chi connectivity index (χ0v) is 52.8. The van der Waals surface area contributed by atoms with Crippen LogP contribution in [0.1, 0.15) is 60.3 Å². The minimum Gasteiger partial charge on any atom is -0.468 e. The summed E-state index contributed by atoms with van der Waals surface area (Å²) in [6.07, 6.45) is -25.1. The highest BCUT2D eigenvalue weighted by Crippen LogP contribution is 2.46. The normalized spacial score (nSPS) is 39.1. The predicted molar refractivity (Wildman–Crippen MR) is 307 cm³/mol. The highest BCUT2D eigenvalue weighted by atomic mass is 16.8. The van der Waals surface area contributed by atoms with E-state index in [1.54, 1.807) is 13.8 Å². The summed E-state index contributed by atoms with van der Waals surface area (Å²) in [5.74, 6) is -11.5. The van der Waals surface area contributed by atoms with E-state index in [-0.39, 0.29) is 53.1 Å². The van der Waals surface area contributed by atoms with Gasteiger partial charge >= 0.3 is 35.8 Å². The summed E-state index contributed by atoms with van der Waals surface area (Å²) in [7, 11) is 3.28. The SMILES string of the molecule is C/C=C1\[C@H](O[C@@H]2O[C@H](CO)[C@@H](O)[C@H](O)[C@H]2O)OC=C(C(=O)OC)[C@H]1CC(=O)OC[C@@H]1[C@@H](C)[C@H](OC(=O)C[C@@H]2C(C(=O)OC)=CO[C@@H](O[C@@H]3O[C@H](CO)[C@@H](O)[C@H](O)[C@H]3O)/C2=C\C)C[C@H]1[C@H](C)COC(=O)C[C@@H]1C(C(=O)OC)=CO[C@@H](O[C@@H]2O[C@H](CO)[C@@H](O)[C@H](O)[C@H]2O)/C1=C\C. The van der Waals surface area contributed by atoms with Crippen LogP contribution in [0.3, 0.4) is 0 Å². The second-order valence-corrected chi connectivity index (χ2v) is 23.5. The first kappa shape index (κ1) is 75.3. The van der Waals surface area contributed by atoms with Crippen LogP contribution in [0.2, 0.25) is 0 Å². The van der Waals surface area contributed by atoms with Crippen molar-refractivity contribution in [1.29, 1.82) is 0 Å². The number of hydrogen-bond acceptors (Lipinski definition) is 33. The molecule has 4 fully saturated rings. The number of allylic oxidation sites excluding steroid dienone is 3. The highest BCUT2D eigenvalue weighted by Gasteiger charge is 2.52. The van der Waals surface area contributed by atoms with Crippen molar-refractivity contribution in [2.45, 2.75) is 177 Å². The summed E-state index contributed by atoms with van der Waals surface area (Å²) >= 11 is 0. The van der Waals surface area contributed by atoms with E-state index in [0.29, 0.717) is 0 Å². The molecule has 0 amide bonds. The van der Waals surface area contributed by atoms with Crippen molar-refractivity contribution < 1.29 is 161 Å². The Hall–Kier alpha value is -6.06. The average Bonchev–Trinajstić information content (AvgIpc) is 0.987. The van der Waals surface area contributed by atoms with E-state index in [0.717, 1.165) is 40.1 Å². The van der Waals surface area contributed by atoms with Crippen LogP contribution >= 0.6 is 0 Å². The molecule has 0 unspecified atom stereocenters. The molecule has 33 heteroatoms. The molecule has 26 atom stereocenters. The third kappa shape index (κ3) is 16.7. The minimum atomic E-state index is -1.86. The van der Waals surface area contributed by atoms with Gasteiger partial charge in [-0.05, 0) is 44.9 Å². The zero-order chi connectivity index (χ0) is 69.2. The van der Waals surface area contributed by atoms with Gasteiger partial charge in [0.15, 0.2) is 18.9 Å². The van der Waals surface area contributed by atoms with Gasteiger partial charge < -0.3 is 132 Å². The number of aliphatic hydroxyl groups is 12. The molecule has 6 heterocycles. The second kappa shape index (κ2) is 33.7. The maximum Gasteiger partial charge on any atom is 0.337 e. The standard InChI is InChI=1S/C61H86O33/c1-9-26-30(34(53(77)80-6)21-85-56(26)92-59-50(74)47(71)44(68)38(16-62)89-59)13-41(65)83-19-24(4)29-12-37(88-43(67)15-32-28(11-3)58(87-23-36(32)55(79)82-8)94-61-52(76)49(73)46(70)40(18-64)91-61)25(5)33(29)20-84-42(66)14-31-27(10-2)57(86-22-35(31)54(78)81-7)93-60-51(75)48(72)45(69)39(17-63)90-60/h9-11,21-25,29-33,37-40,44-52,56-64,68-76H,12-20H2,1-8H3/b26-9-,27-10-,28-11-/t24-,25-,29+,30+,31+,32+,33-,37-,38-,39-,40-,44-,45-,46-,47+,48+,49+,50-,51-,52-,56+,57+,58+,59+,60+,61+/m1/s1. The molecular formula is C61H86O33. The van der Waals surface area contributed by atoms with Crippen LogP contribution in [-0.4, -0.2) is 269 Å². The molecule has 0 aromatic carbocycles. The van der Waals surface area contributed by atoms with E-state index in [4.69, 9.17) is 71.1 Å². The maximum atomic E-state index is 14.4. The topological polar surface area (TPSA) is 484 Å². The lowest BCUT2D eigenvalue weighted by Gasteiger charge is -2.42. The van der Waals surface area contributed by atoms with E-state index in [2.05, 4.69) is 0 Å². The first-order chi connectivity index (χ1) is 44.8. The van der Waals surface area contributed by atoms with Crippen molar-refractivity contribution in [3.8, 4) is 0 Å². The fourth-order valence-electron chi connectivity index (χ4n) is 12.6. The highest BCUT2D eigenvalue weighted by molar-refractivity contribution is 5.92. The number of esters is 6. The Labute approximate surface area is 539 Å². The van der Waals surface area contributed by atoms with E-state index >= 15 is 0 Å². The van der Waals surface area contributed by atoms with Crippen molar-refractivity contribution in [2.24, 2.45) is 41.4 Å². The van der Waals surface area contributed by atoms with E-state index < -0.39 is 233 Å². The zero-order valence-electron chi connectivity index (χ0n) is 52.8. The van der Waals surface area contributed by atoms with Crippen molar-refractivity contribution in [3.05, 3.63) is 70.5 Å². The maximum absolute atomic E-state index is 14.4. The van der Waals surface area contributed by atoms with Gasteiger partial charge in [-0.25, -0.2) is 14.4 Å². The van der Waals surface area contributed by atoms with Gasteiger partial charge in [-0.3, -0.25) is 14.4 Å².